The quantitative estimate of drug-likeness (QED) is 0.219. The van der Waals surface area contributed by atoms with Crippen molar-refractivity contribution in [2.24, 2.45) is 0 Å². The summed E-state index contributed by atoms with van der Waals surface area (Å²) in [6.45, 7) is 8.95. The predicted octanol–water partition coefficient (Wildman–Crippen LogP) is 3.47. The number of H-pyrrole nitrogens is 2. The number of likely N-dealkylation sites (tertiary alicyclic amines) is 1. The van der Waals surface area contributed by atoms with E-state index in [4.69, 9.17) is 4.74 Å². The number of benzene rings is 2. The van der Waals surface area contributed by atoms with E-state index in [2.05, 4.69) is 32.1 Å². The molecule has 0 bridgehead atoms. The number of carbonyl (C=O) groups excluding carboxylic acids is 2. The lowest BCUT2D eigenvalue weighted by Gasteiger charge is -2.35. The fourth-order valence-corrected chi connectivity index (χ4v) is 6.00. The van der Waals surface area contributed by atoms with Crippen molar-refractivity contribution in [1.82, 2.24) is 24.8 Å². The fraction of sp³-hybridized carbons (Fsp3) is 0.375. The highest BCUT2D eigenvalue weighted by molar-refractivity contribution is 6.23. The van der Waals surface area contributed by atoms with Gasteiger partial charge in [-0.3, -0.25) is 19.3 Å². The molecule has 6 rings (SSSR count). The van der Waals surface area contributed by atoms with Crippen LogP contribution in [-0.2, 0) is 0 Å². The Bertz CT molecular complexity index is 1700. The summed E-state index contributed by atoms with van der Waals surface area (Å²) in [6.07, 6.45) is 2.19. The van der Waals surface area contributed by atoms with Gasteiger partial charge < -0.3 is 30.0 Å². The minimum atomic E-state index is -0.847. The van der Waals surface area contributed by atoms with Crippen LogP contribution in [0.4, 0.5) is 5.69 Å². The number of nitrogens with zero attached hydrogens (tertiary/aromatic N) is 3. The maximum absolute atomic E-state index is 13.4. The minimum Gasteiger partial charge on any atom is -0.491 e. The lowest BCUT2D eigenvalue weighted by Crippen LogP contribution is -2.47. The number of amides is 2. The van der Waals surface area contributed by atoms with Crippen molar-refractivity contribution in [2.75, 3.05) is 38.1 Å². The molecule has 0 aliphatic carbocycles. The number of aliphatic hydroxyl groups excluding tert-OH is 1. The number of ether oxygens (including phenoxy) is 1. The standard InChI is InChI=1S/C32H36N6O5/c1-4-37-11-8-20(9-12-37)38-31(41)22-14-25-26(15-23(22)32(38)42)36-29(35-25)28-24(7-10-33-30(28)40)34-16-21(39)17-43-27-6-5-18(2)13-19(27)3/h5-7,10,13-15,20-21,39H,4,8-9,11-12,16-17H2,1-3H3,(H,35,36)(H2,33,34,40)/t21-/m1/s1. The van der Waals surface area contributed by atoms with Crippen molar-refractivity contribution in [1.29, 1.82) is 0 Å². The SMILES string of the molecule is CCN1CCC(N2C(=O)c3cc4nc(-c5c(NC[C@@H](O)COc6ccc(C)cc6C)cc[nH]c5=O)[nH]c4cc3C2=O)CC1. The molecule has 11 nitrogen and oxygen atoms in total. The second-order valence-corrected chi connectivity index (χ2v) is 11.4. The molecule has 1 fully saturated rings. The van der Waals surface area contributed by atoms with Crippen LogP contribution in [0.2, 0.25) is 0 Å². The van der Waals surface area contributed by atoms with E-state index in [0.29, 0.717) is 33.6 Å². The van der Waals surface area contributed by atoms with Gasteiger partial charge in [-0.05, 0) is 63.1 Å². The Hall–Kier alpha value is -4.48. The maximum atomic E-state index is 13.4. The zero-order valence-electron chi connectivity index (χ0n) is 24.6. The Morgan fingerprint density at radius 2 is 1.81 bits per heavy atom. The number of imidazole rings is 1. The average Bonchev–Trinajstić information content (AvgIpc) is 3.51. The highest BCUT2D eigenvalue weighted by Gasteiger charge is 2.41. The molecule has 2 aliphatic rings. The van der Waals surface area contributed by atoms with Crippen LogP contribution in [0.3, 0.4) is 0 Å². The number of aliphatic hydroxyl groups is 1. The lowest BCUT2D eigenvalue weighted by atomic mass is 10.0. The number of nitrogens with one attached hydrogen (secondary N) is 3. The third-order valence-electron chi connectivity index (χ3n) is 8.38. The van der Waals surface area contributed by atoms with Crippen LogP contribution in [0.1, 0.15) is 51.6 Å². The maximum Gasteiger partial charge on any atom is 0.261 e. The van der Waals surface area contributed by atoms with E-state index in [0.717, 1.165) is 43.6 Å². The number of anilines is 1. The van der Waals surface area contributed by atoms with Crippen LogP contribution in [0.15, 0.2) is 47.4 Å². The second-order valence-electron chi connectivity index (χ2n) is 11.4. The first kappa shape index (κ1) is 28.6. The highest BCUT2D eigenvalue weighted by Crippen LogP contribution is 2.33. The number of piperidine rings is 1. The van der Waals surface area contributed by atoms with E-state index in [1.165, 1.54) is 11.1 Å². The molecular formula is C32H36N6O5. The Labute approximate surface area is 248 Å². The molecule has 4 N–H and O–H groups in total. The number of fused-ring (bicyclic) bond motifs is 2. The third-order valence-corrected chi connectivity index (χ3v) is 8.38. The van der Waals surface area contributed by atoms with Crippen LogP contribution in [-0.4, -0.2) is 86.6 Å². The number of aromatic amines is 2. The van der Waals surface area contributed by atoms with Crippen molar-refractivity contribution in [2.45, 2.75) is 45.8 Å². The van der Waals surface area contributed by atoms with E-state index in [1.54, 1.807) is 18.2 Å². The number of rotatable bonds is 9. The van der Waals surface area contributed by atoms with Crippen LogP contribution < -0.4 is 15.6 Å². The molecule has 0 spiro atoms. The lowest BCUT2D eigenvalue weighted by molar-refractivity contribution is 0.0506. The number of hydrogen-bond donors (Lipinski definition) is 4. The molecule has 0 radical (unpaired) electrons. The number of pyridine rings is 1. The van der Waals surface area contributed by atoms with Crippen LogP contribution in [0.25, 0.3) is 22.4 Å². The van der Waals surface area contributed by atoms with Crippen molar-refractivity contribution in [3.63, 3.8) is 0 Å². The smallest absolute Gasteiger partial charge is 0.261 e. The summed E-state index contributed by atoms with van der Waals surface area (Å²) in [5, 5.41) is 13.7. The van der Waals surface area contributed by atoms with Gasteiger partial charge in [-0.2, -0.15) is 0 Å². The molecule has 2 aliphatic heterocycles. The third kappa shape index (κ3) is 5.53. The van der Waals surface area contributed by atoms with Gasteiger partial charge in [-0.1, -0.05) is 24.6 Å². The average molecular weight is 585 g/mol. The topological polar surface area (TPSA) is 144 Å². The van der Waals surface area contributed by atoms with Crippen molar-refractivity contribution < 1.29 is 19.4 Å². The van der Waals surface area contributed by atoms with Gasteiger partial charge in [-0.15, -0.1) is 0 Å². The van der Waals surface area contributed by atoms with E-state index in [1.807, 2.05) is 32.0 Å². The molecule has 2 aromatic carbocycles. The molecule has 0 saturated carbocycles. The number of hydrogen-bond acceptors (Lipinski definition) is 8. The summed E-state index contributed by atoms with van der Waals surface area (Å²) in [7, 11) is 0. The van der Waals surface area contributed by atoms with Gasteiger partial charge in [0.1, 0.15) is 29.8 Å². The molecule has 2 aromatic heterocycles. The number of carbonyl (C=O) groups is 2. The van der Waals surface area contributed by atoms with Gasteiger partial charge in [0.05, 0.1) is 27.8 Å². The number of imide groups is 1. The van der Waals surface area contributed by atoms with Crippen molar-refractivity contribution in [3.8, 4) is 17.1 Å². The first-order chi connectivity index (χ1) is 20.7. The Kier molecular flexibility index (Phi) is 7.76. The van der Waals surface area contributed by atoms with Gasteiger partial charge in [0.2, 0.25) is 0 Å². The predicted molar refractivity (Wildman–Crippen MR) is 164 cm³/mol. The van der Waals surface area contributed by atoms with Gasteiger partial charge in [-0.25, -0.2) is 4.98 Å². The molecule has 4 aromatic rings. The number of aromatic nitrogens is 3. The molecule has 1 saturated heterocycles. The normalized spacial score (nSPS) is 16.6. The first-order valence-corrected chi connectivity index (χ1v) is 14.7. The first-order valence-electron chi connectivity index (χ1n) is 14.7. The second kappa shape index (κ2) is 11.7. The molecule has 224 valence electrons. The summed E-state index contributed by atoms with van der Waals surface area (Å²) in [4.78, 5) is 53.9. The monoisotopic (exact) mass is 584 g/mol. The van der Waals surface area contributed by atoms with E-state index < -0.39 is 6.10 Å². The van der Waals surface area contributed by atoms with Gasteiger partial charge in [0, 0.05) is 31.9 Å². The largest absolute Gasteiger partial charge is 0.491 e. The fourth-order valence-electron chi connectivity index (χ4n) is 6.00. The van der Waals surface area contributed by atoms with Gasteiger partial charge in [0.15, 0.2) is 0 Å². The minimum absolute atomic E-state index is 0.0718. The summed E-state index contributed by atoms with van der Waals surface area (Å²) in [5.74, 6) is 0.411. The van der Waals surface area contributed by atoms with E-state index in [9.17, 15) is 19.5 Å². The molecule has 43 heavy (non-hydrogen) atoms. The van der Waals surface area contributed by atoms with E-state index >= 15 is 0 Å². The van der Waals surface area contributed by atoms with E-state index in [-0.39, 0.29) is 48.0 Å². The van der Waals surface area contributed by atoms with Gasteiger partial charge in [0.25, 0.3) is 17.4 Å². The molecule has 4 heterocycles. The summed E-state index contributed by atoms with van der Waals surface area (Å²) in [5.41, 5.74) is 4.17. The molecule has 0 unspecified atom stereocenters. The molecule has 2 amide bonds. The zero-order chi connectivity index (χ0) is 30.2. The van der Waals surface area contributed by atoms with Crippen LogP contribution in [0, 0.1) is 13.8 Å². The van der Waals surface area contributed by atoms with Crippen molar-refractivity contribution in [3.05, 3.63) is 75.2 Å². The highest BCUT2D eigenvalue weighted by atomic mass is 16.5. The van der Waals surface area contributed by atoms with Crippen LogP contribution in [0.5, 0.6) is 5.75 Å². The van der Waals surface area contributed by atoms with Crippen LogP contribution >= 0.6 is 0 Å². The summed E-state index contributed by atoms with van der Waals surface area (Å²) < 4.78 is 5.80. The molecule has 11 heteroatoms. The Morgan fingerprint density at radius 3 is 2.53 bits per heavy atom. The Balaban J connectivity index is 1.19. The zero-order valence-corrected chi connectivity index (χ0v) is 24.6. The number of aryl methyl sites for hydroxylation is 2. The molecular weight excluding hydrogens is 548 g/mol. The molecule has 1 atom stereocenters. The van der Waals surface area contributed by atoms with Crippen molar-refractivity contribution >= 4 is 28.5 Å². The summed E-state index contributed by atoms with van der Waals surface area (Å²) >= 11 is 0. The van der Waals surface area contributed by atoms with Gasteiger partial charge >= 0.3 is 0 Å². The summed E-state index contributed by atoms with van der Waals surface area (Å²) in [6, 6.07) is 10.7. The Morgan fingerprint density at radius 1 is 1.07 bits per heavy atom.